The number of nitrogens with two attached hydrogens (primary N) is 1. The van der Waals surface area contributed by atoms with Gasteiger partial charge in [-0.3, -0.25) is 4.79 Å². The van der Waals surface area contributed by atoms with Gasteiger partial charge >= 0.3 is 0 Å². The minimum absolute atomic E-state index is 0.0360. The minimum atomic E-state index is 0.0360. The van der Waals surface area contributed by atoms with Crippen LogP contribution in [0.5, 0.6) is 0 Å². The number of ether oxygens (including phenoxy) is 1. The lowest BCUT2D eigenvalue weighted by molar-refractivity contribution is -0.135. The van der Waals surface area contributed by atoms with Gasteiger partial charge in [-0.25, -0.2) is 0 Å². The summed E-state index contributed by atoms with van der Waals surface area (Å²) in [6, 6.07) is 9.97. The van der Waals surface area contributed by atoms with Crippen LogP contribution < -0.4 is 5.73 Å². The Hall–Kier alpha value is -1.39. The Morgan fingerprint density at radius 3 is 2.82 bits per heavy atom. The monoisotopic (exact) mass is 234 g/mol. The maximum atomic E-state index is 11.7. The van der Waals surface area contributed by atoms with Gasteiger partial charge in [0.2, 0.25) is 5.91 Å². The molecule has 2 N–H and O–H groups in total. The smallest absolute Gasteiger partial charge is 0.248 e. The van der Waals surface area contributed by atoms with E-state index in [9.17, 15) is 4.79 Å². The topological polar surface area (TPSA) is 55.6 Å². The van der Waals surface area contributed by atoms with Gasteiger partial charge in [0.1, 0.15) is 6.61 Å². The summed E-state index contributed by atoms with van der Waals surface area (Å²) in [5.41, 5.74) is 6.83. The van der Waals surface area contributed by atoms with Crippen molar-refractivity contribution in [3.63, 3.8) is 0 Å². The third kappa shape index (κ3) is 3.54. The summed E-state index contributed by atoms with van der Waals surface area (Å²) in [6.07, 6.45) is 0.893. The maximum absolute atomic E-state index is 11.7. The Morgan fingerprint density at radius 1 is 1.41 bits per heavy atom. The molecule has 0 aliphatic carbocycles. The molecule has 4 heteroatoms. The van der Waals surface area contributed by atoms with Crippen molar-refractivity contribution in [1.82, 2.24) is 4.90 Å². The van der Waals surface area contributed by atoms with E-state index >= 15 is 0 Å². The molecule has 1 amide bonds. The largest absolute Gasteiger partial charge is 0.367 e. The van der Waals surface area contributed by atoms with Gasteiger partial charge in [-0.15, -0.1) is 0 Å². The first-order valence-electron chi connectivity index (χ1n) is 5.91. The van der Waals surface area contributed by atoms with Gasteiger partial charge < -0.3 is 15.4 Å². The van der Waals surface area contributed by atoms with Crippen molar-refractivity contribution in [3.05, 3.63) is 35.9 Å². The van der Waals surface area contributed by atoms with Crippen LogP contribution >= 0.6 is 0 Å². The number of carbonyl (C=O) groups excluding carboxylic acids is 1. The second-order valence-corrected chi connectivity index (χ2v) is 4.37. The summed E-state index contributed by atoms with van der Waals surface area (Å²) in [4.78, 5) is 13.5. The van der Waals surface area contributed by atoms with Crippen molar-refractivity contribution >= 4 is 5.91 Å². The van der Waals surface area contributed by atoms with Crippen LogP contribution in [0.1, 0.15) is 12.0 Å². The number of rotatable bonds is 4. The number of hydrogen-bond donors (Lipinski definition) is 1. The highest BCUT2D eigenvalue weighted by atomic mass is 16.5. The van der Waals surface area contributed by atoms with E-state index in [4.69, 9.17) is 10.5 Å². The van der Waals surface area contributed by atoms with Crippen LogP contribution in [0.3, 0.4) is 0 Å². The zero-order valence-corrected chi connectivity index (χ0v) is 9.84. The standard InChI is InChI=1S/C13H18N2O2/c14-12-6-7-15(8-12)13(16)10-17-9-11-4-2-1-3-5-11/h1-5,12H,6-10,14H2/t12-/m1/s1. The molecule has 0 radical (unpaired) electrons. The molecule has 1 atom stereocenters. The Labute approximate surface area is 101 Å². The molecule has 1 aromatic carbocycles. The van der Waals surface area contributed by atoms with Gasteiger partial charge in [-0.05, 0) is 12.0 Å². The molecule has 2 rings (SSSR count). The third-order valence-corrected chi connectivity index (χ3v) is 2.91. The second kappa shape index (κ2) is 5.80. The molecule has 1 aliphatic heterocycles. The quantitative estimate of drug-likeness (QED) is 0.837. The van der Waals surface area contributed by atoms with Crippen LogP contribution in [0.2, 0.25) is 0 Å². The summed E-state index contributed by atoms with van der Waals surface area (Å²) < 4.78 is 5.40. The first-order chi connectivity index (χ1) is 8.25. The van der Waals surface area contributed by atoms with Crippen molar-refractivity contribution in [3.8, 4) is 0 Å². The van der Waals surface area contributed by atoms with E-state index in [1.807, 2.05) is 30.3 Å². The number of nitrogens with zero attached hydrogens (tertiary/aromatic N) is 1. The first kappa shape index (κ1) is 12.1. The van der Waals surface area contributed by atoms with Crippen molar-refractivity contribution in [2.24, 2.45) is 5.73 Å². The van der Waals surface area contributed by atoms with Crippen LogP contribution in [0, 0.1) is 0 Å². The van der Waals surface area contributed by atoms with Crippen LogP contribution in [0.15, 0.2) is 30.3 Å². The predicted molar refractivity (Wildman–Crippen MR) is 65.3 cm³/mol. The van der Waals surface area contributed by atoms with E-state index in [0.29, 0.717) is 13.2 Å². The van der Waals surface area contributed by atoms with Gasteiger partial charge in [0.25, 0.3) is 0 Å². The normalized spacial score (nSPS) is 19.6. The SMILES string of the molecule is N[C@@H]1CCN(C(=O)COCc2ccccc2)C1. The second-order valence-electron chi connectivity index (χ2n) is 4.37. The number of benzene rings is 1. The molecular weight excluding hydrogens is 216 g/mol. The summed E-state index contributed by atoms with van der Waals surface area (Å²) in [7, 11) is 0. The van der Waals surface area contributed by atoms with E-state index in [-0.39, 0.29) is 18.6 Å². The summed E-state index contributed by atoms with van der Waals surface area (Å²) in [6.45, 7) is 2.04. The minimum Gasteiger partial charge on any atom is -0.367 e. The van der Waals surface area contributed by atoms with Crippen LogP contribution in [0.4, 0.5) is 0 Å². The fraction of sp³-hybridized carbons (Fsp3) is 0.462. The maximum Gasteiger partial charge on any atom is 0.248 e. The van der Waals surface area contributed by atoms with Gasteiger partial charge in [-0.2, -0.15) is 0 Å². The lowest BCUT2D eigenvalue weighted by atomic mass is 10.2. The zero-order valence-electron chi connectivity index (χ0n) is 9.84. The highest BCUT2D eigenvalue weighted by Gasteiger charge is 2.23. The Morgan fingerprint density at radius 2 is 2.18 bits per heavy atom. The van der Waals surface area contributed by atoms with Crippen molar-refractivity contribution in [2.75, 3.05) is 19.7 Å². The molecule has 0 saturated carbocycles. The van der Waals surface area contributed by atoms with Crippen molar-refractivity contribution in [1.29, 1.82) is 0 Å². The summed E-state index contributed by atoms with van der Waals surface area (Å²) in [5.74, 6) is 0.0360. The lowest BCUT2D eigenvalue weighted by Crippen LogP contribution is -2.34. The molecule has 17 heavy (non-hydrogen) atoms. The Bertz CT molecular complexity index is 367. The third-order valence-electron chi connectivity index (χ3n) is 2.91. The van der Waals surface area contributed by atoms with Crippen molar-refractivity contribution in [2.45, 2.75) is 19.1 Å². The Balaban J connectivity index is 1.70. The summed E-state index contributed by atoms with van der Waals surface area (Å²) in [5, 5.41) is 0. The number of hydrogen-bond acceptors (Lipinski definition) is 3. The predicted octanol–water partition coefficient (Wildman–Crippen LogP) is 0.763. The molecule has 0 aromatic heterocycles. The fourth-order valence-corrected chi connectivity index (χ4v) is 1.94. The number of amides is 1. The van der Waals surface area contributed by atoms with Gasteiger partial charge in [0.15, 0.2) is 0 Å². The Kier molecular flexibility index (Phi) is 4.12. The van der Waals surface area contributed by atoms with E-state index < -0.39 is 0 Å². The molecule has 1 saturated heterocycles. The van der Waals surface area contributed by atoms with Gasteiger partial charge in [0.05, 0.1) is 6.61 Å². The van der Waals surface area contributed by atoms with E-state index in [0.717, 1.165) is 18.5 Å². The van der Waals surface area contributed by atoms with Gasteiger partial charge in [0, 0.05) is 19.1 Å². The zero-order chi connectivity index (χ0) is 12.1. The molecule has 1 aliphatic rings. The van der Waals surface area contributed by atoms with E-state index in [2.05, 4.69) is 0 Å². The molecule has 0 bridgehead atoms. The number of likely N-dealkylation sites (tertiary alicyclic amines) is 1. The van der Waals surface area contributed by atoms with Crippen LogP contribution in [0.25, 0.3) is 0 Å². The molecule has 1 aromatic rings. The summed E-state index contributed by atoms with van der Waals surface area (Å²) >= 11 is 0. The van der Waals surface area contributed by atoms with Gasteiger partial charge in [-0.1, -0.05) is 30.3 Å². The molecule has 4 nitrogen and oxygen atoms in total. The lowest BCUT2D eigenvalue weighted by Gasteiger charge is -2.15. The van der Waals surface area contributed by atoms with Crippen LogP contribution in [-0.2, 0) is 16.1 Å². The molecular formula is C13H18N2O2. The molecule has 1 heterocycles. The van der Waals surface area contributed by atoms with E-state index in [1.165, 1.54) is 0 Å². The highest BCUT2D eigenvalue weighted by Crippen LogP contribution is 2.07. The average molecular weight is 234 g/mol. The van der Waals surface area contributed by atoms with Crippen molar-refractivity contribution < 1.29 is 9.53 Å². The number of carbonyl (C=O) groups is 1. The molecule has 92 valence electrons. The molecule has 0 spiro atoms. The van der Waals surface area contributed by atoms with Crippen LogP contribution in [-0.4, -0.2) is 36.5 Å². The van der Waals surface area contributed by atoms with E-state index in [1.54, 1.807) is 4.90 Å². The molecule has 1 fully saturated rings. The molecule has 0 unspecified atom stereocenters. The first-order valence-corrected chi connectivity index (χ1v) is 5.91. The fourth-order valence-electron chi connectivity index (χ4n) is 1.94. The average Bonchev–Trinajstić information content (AvgIpc) is 2.77. The highest BCUT2D eigenvalue weighted by molar-refractivity contribution is 5.77.